The molecular weight excluding hydrogens is 356 g/mol. The standard InChI is InChI=1S/C13H22N4O3S3/c1-9(2)3-5-20-6-4-15-11(19)8-22-13-17-16-12(23-13)21-7-10(14)18/h9H,3-8H2,1-2H3,(H2,14,18)(H,15,19). The Kier molecular flexibility index (Phi) is 10.2. The van der Waals surface area contributed by atoms with Gasteiger partial charge in [0.1, 0.15) is 0 Å². The summed E-state index contributed by atoms with van der Waals surface area (Å²) in [7, 11) is 0. The lowest BCUT2D eigenvalue weighted by molar-refractivity contribution is -0.119. The third kappa shape index (κ3) is 10.5. The van der Waals surface area contributed by atoms with Crippen LogP contribution in [-0.4, -0.2) is 53.3 Å². The third-order valence-corrected chi connectivity index (χ3v) is 5.67. The molecule has 1 aromatic rings. The molecule has 0 fully saturated rings. The maximum atomic E-state index is 11.7. The van der Waals surface area contributed by atoms with Crippen LogP contribution in [0.5, 0.6) is 0 Å². The molecular formula is C13H22N4O3S3. The van der Waals surface area contributed by atoms with E-state index in [-0.39, 0.29) is 17.4 Å². The maximum absolute atomic E-state index is 11.7. The van der Waals surface area contributed by atoms with Crippen molar-refractivity contribution < 1.29 is 14.3 Å². The van der Waals surface area contributed by atoms with Gasteiger partial charge in [-0.15, -0.1) is 10.2 Å². The molecule has 1 aromatic heterocycles. The summed E-state index contributed by atoms with van der Waals surface area (Å²) >= 11 is 3.91. The lowest BCUT2D eigenvalue weighted by atomic mass is 10.1. The molecule has 3 N–H and O–H groups in total. The first-order valence-electron chi connectivity index (χ1n) is 7.19. The fraction of sp³-hybridized carbons (Fsp3) is 0.692. The molecule has 23 heavy (non-hydrogen) atoms. The van der Waals surface area contributed by atoms with Gasteiger partial charge in [-0.25, -0.2) is 0 Å². The predicted octanol–water partition coefficient (Wildman–Crippen LogP) is 1.39. The first kappa shape index (κ1) is 20.2. The summed E-state index contributed by atoms with van der Waals surface area (Å²) < 4.78 is 6.79. The SMILES string of the molecule is CC(C)CCOCCNC(=O)CSc1nnc(SCC(N)=O)s1. The number of thioether (sulfide) groups is 2. The third-order valence-electron chi connectivity index (χ3n) is 2.46. The molecule has 0 aliphatic carbocycles. The molecule has 0 unspecified atom stereocenters. The quantitative estimate of drug-likeness (QED) is 0.418. The van der Waals surface area contributed by atoms with Gasteiger partial charge in [0, 0.05) is 13.2 Å². The molecule has 0 saturated heterocycles. The van der Waals surface area contributed by atoms with E-state index in [0.29, 0.717) is 27.7 Å². The minimum atomic E-state index is -0.394. The van der Waals surface area contributed by atoms with Crippen LogP contribution in [0.3, 0.4) is 0 Å². The number of nitrogens with two attached hydrogens (primary N) is 1. The van der Waals surface area contributed by atoms with Gasteiger partial charge in [-0.1, -0.05) is 48.7 Å². The summed E-state index contributed by atoms with van der Waals surface area (Å²) in [6.45, 7) is 6.04. The molecule has 10 heteroatoms. The number of hydrogen-bond acceptors (Lipinski definition) is 8. The van der Waals surface area contributed by atoms with E-state index >= 15 is 0 Å². The van der Waals surface area contributed by atoms with Crippen LogP contribution < -0.4 is 11.1 Å². The highest BCUT2D eigenvalue weighted by Crippen LogP contribution is 2.28. The second-order valence-corrected chi connectivity index (χ2v) is 8.44. The first-order chi connectivity index (χ1) is 11.0. The zero-order valence-electron chi connectivity index (χ0n) is 13.2. The topological polar surface area (TPSA) is 107 Å². The van der Waals surface area contributed by atoms with Crippen LogP contribution in [0, 0.1) is 5.92 Å². The normalized spacial score (nSPS) is 10.9. The molecule has 0 aliphatic heterocycles. The average Bonchev–Trinajstić information content (AvgIpc) is 2.94. The minimum Gasteiger partial charge on any atom is -0.380 e. The number of hydrogen-bond donors (Lipinski definition) is 2. The summed E-state index contributed by atoms with van der Waals surface area (Å²) in [5.74, 6) is 0.620. The first-order valence-corrected chi connectivity index (χ1v) is 9.98. The summed E-state index contributed by atoms with van der Waals surface area (Å²) in [5.41, 5.74) is 5.07. The van der Waals surface area contributed by atoms with Crippen LogP contribution in [0.4, 0.5) is 0 Å². The molecule has 0 spiro atoms. The van der Waals surface area contributed by atoms with Crippen molar-refractivity contribution in [2.45, 2.75) is 28.9 Å². The lowest BCUT2D eigenvalue weighted by Gasteiger charge is -2.07. The molecule has 1 rings (SSSR count). The van der Waals surface area contributed by atoms with E-state index in [0.717, 1.165) is 13.0 Å². The Bertz CT molecular complexity index is 497. The Hall–Kier alpha value is -0.840. The lowest BCUT2D eigenvalue weighted by Crippen LogP contribution is -2.28. The highest BCUT2D eigenvalue weighted by Gasteiger charge is 2.09. The number of nitrogens with one attached hydrogen (secondary N) is 1. The van der Waals surface area contributed by atoms with Gasteiger partial charge in [0.05, 0.1) is 18.1 Å². The Morgan fingerprint density at radius 3 is 2.48 bits per heavy atom. The van der Waals surface area contributed by atoms with Crippen molar-refractivity contribution in [3.05, 3.63) is 0 Å². The average molecular weight is 379 g/mol. The van der Waals surface area contributed by atoms with Gasteiger partial charge in [-0.3, -0.25) is 9.59 Å². The van der Waals surface area contributed by atoms with Gasteiger partial charge in [0.2, 0.25) is 11.8 Å². The van der Waals surface area contributed by atoms with Crippen LogP contribution in [0.25, 0.3) is 0 Å². The van der Waals surface area contributed by atoms with Gasteiger partial charge in [0.25, 0.3) is 0 Å². The van der Waals surface area contributed by atoms with Crippen LogP contribution in [-0.2, 0) is 14.3 Å². The molecule has 0 radical (unpaired) electrons. The second kappa shape index (κ2) is 11.7. The second-order valence-electron chi connectivity index (χ2n) is 5.02. The monoisotopic (exact) mass is 378 g/mol. The molecule has 0 aliphatic rings. The Balaban J connectivity index is 2.10. The van der Waals surface area contributed by atoms with Gasteiger partial charge in [0.15, 0.2) is 8.68 Å². The molecule has 0 aromatic carbocycles. The van der Waals surface area contributed by atoms with E-state index in [1.807, 2.05) is 0 Å². The van der Waals surface area contributed by atoms with Crippen molar-refractivity contribution in [1.82, 2.24) is 15.5 Å². The van der Waals surface area contributed by atoms with Crippen LogP contribution in [0.1, 0.15) is 20.3 Å². The number of nitrogens with zero attached hydrogens (tertiary/aromatic N) is 2. The van der Waals surface area contributed by atoms with Gasteiger partial charge in [-0.2, -0.15) is 0 Å². The van der Waals surface area contributed by atoms with E-state index < -0.39 is 5.91 Å². The zero-order valence-corrected chi connectivity index (χ0v) is 15.7. The minimum absolute atomic E-state index is 0.0657. The van der Waals surface area contributed by atoms with E-state index in [9.17, 15) is 9.59 Å². The largest absolute Gasteiger partial charge is 0.380 e. The zero-order chi connectivity index (χ0) is 17.1. The van der Waals surface area contributed by atoms with Crippen molar-refractivity contribution in [2.24, 2.45) is 11.7 Å². The highest BCUT2D eigenvalue weighted by molar-refractivity contribution is 8.03. The van der Waals surface area contributed by atoms with E-state index in [1.54, 1.807) is 0 Å². The number of carbonyl (C=O) groups is 2. The molecule has 7 nitrogen and oxygen atoms in total. The predicted molar refractivity (Wildman–Crippen MR) is 93.8 cm³/mol. The fourth-order valence-corrected chi connectivity index (χ4v) is 3.90. The summed E-state index contributed by atoms with van der Waals surface area (Å²) in [6, 6.07) is 0. The summed E-state index contributed by atoms with van der Waals surface area (Å²) in [4.78, 5) is 22.4. The Morgan fingerprint density at radius 1 is 1.22 bits per heavy atom. The van der Waals surface area contributed by atoms with Gasteiger partial charge >= 0.3 is 0 Å². The van der Waals surface area contributed by atoms with Gasteiger partial charge in [-0.05, 0) is 12.3 Å². The number of carbonyl (C=O) groups excluding carboxylic acids is 2. The smallest absolute Gasteiger partial charge is 0.230 e. The van der Waals surface area contributed by atoms with Crippen molar-refractivity contribution >= 4 is 46.7 Å². The van der Waals surface area contributed by atoms with Crippen molar-refractivity contribution in [3.8, 4) is 0 Å². The maximum Gasteiger partial charge on any atom is 0.230 e. The van der Waals surface area contributed by atoms with Crippen LogP contribution in [0.15, 0.2) is 8.68 Å². The van der Waals surface area contributed by atoms with E-state index in [4.69, 9.17) is 10.5 Å². The van der Waals surface area contributed by atoms with Crippen molar-refractivity contribution in [2.75, 3.05) is 31.3 Å². The van der Waals surface area contributed by atoms with E-state index in [1.165, 1.54) is 34.9 Å². The number of amides is 2. The van der Waals surface area contributed by atoms with E-state index in [2.05, 4.69) is 29.4 Å². The van der Waals surface area contributed by atoms with Crippen molar-refractivity contribution in [3.63, 3.8) is 0 Å². The van der Waals surface area contributed by atoms with Crippen LogP contribution in [0.2, 0.25) is 0 Å². The molecule has 0 atom stereocenters. The number of aromatic nitrogens is 2. The number of rotatable bonds is 12. The van der Waals surface area contributed by atoms with Crippen LogP contribution >= 0.6 is 34.9 Å². The summed E-state index contributed by atoms with van der Waals surface area (Å²) in [5, 5.41) is 10.7. The molecule has 0 saturated carbocycles. The number of primary amides is 1. The Morgan fingerprint density at radius 2 is 1.87 bits per heavy atom. The summed E-state index contributed by atoms with van der Waals surface area (Å²) in [6.07, 6.45) is 1.02. The molecule has 1 heterocycles. The molecule has 2 amide bonds. The van der Waals surface area contributed by atoms with Crippen molar-refractivity contribution in [1.29, 1.82) is 0 Å². The Labute approximate surface area is 148 Å². The number of ether oxygens (including phenoxy) is 1. The highest BCUT2D eigenvalue weighted by atomic mass is 32.2. The molecule has 130 valence electrons. The fourth-order valence-electron chi connectivity index (χ4n) is 1.31. The molecule has 0 bridgehead atoms. The van der Waals surface area contributed by atoms with Gasteiger partial charge < -0.3 is 15.8 Å².